The number of amides is 1. The quantitative estimate of drug-likeness (QED) is 0.827. The molecule has 1 aliphatic rings. The number of carbonyl (C=O) groups excluding carboxylic acids is 1. The van der Waals surface area contributed by atoms with Gasteiger partial charge in [0.15, 0.2) is 5.82 Å². The van der Waals surface area contributed by atoms with E-state index in [0.717, 1.165) is 12.3 Å². The fourth-order valence-electron chi connectivity index (χ4n) is 1.89. The first-order valence-electron chi connectivity index (χ1n) is 5.79. The molecule has 19 heavy (non-hydrogen) atoms. The van der Waals surface area contributed by atoms with Crippen molar-refractivity contribution in [2.45, 2.75) is 12.0 Å². The van der Waals surface area contributed by atoms with Gasteiger partial charge in [-0.25, -0.2) is 9.37 Å². The number of pyridine rings is 1. The lowest BCUT2D eigenvalue weighted by Crippen LogP contribution is -2.45. The topological polar surface area (TPSA) is 60.5 Å². The average molecular weight is 272 g/mol. The van der Waals surface area contributed by atoms with Crippen LogP contribution in [-0.2, 0) is 9.47 Å². The third-order valence-electron chi connectivity index (χ3n) is 3.16. The Morgan fingerprint density at radius 3 is 3.05 bits per heavy atom. The van der Waals surface area contributed by atoms with Crippen molar-refractivity contribution in [1.82, 2.24) is 10.3 Å². The lowest BCUT2D eigenvalue weighted by atomic mass is 10.0. The molecule has 0 radical (unpaired) electrons. The van der Waals surface area contributed by atoms with Crippen LogP contribution in [0.25, 0.3) is 0 Å². The van der Waals surface area contributed by atoms with Gasteiger partial charge in [0.2, 0.25) is 5.95 Å². The van der Waals surface area contributed by atoms with E-state index in [4.69, 9.17) is 9.47 Å². The summed E-state index contributed by atoms with van der Waals surface area (Å²) in [5.41, 5.74) is -0.977. The first-order chi connectivity index (χ1) is 9.08. The summed E-state index contributed by atoms with van der Waals surface area (Å²) in [6, 6.07) is 1.12. The summed E-state index contributed by atoms with van der Waals surface area (Å²) in [4.78, 5) is 14.9. The van der Waals surface area contributed by atoms with Gasteiger partial charge in [-0.15, -0.1) is 0 Å². The van der Waals surface area contributed by atoms with Crippen LogP contribution in [0.3, 0.4) is 0 Å². The number of rotatable bonds is 4. The van der Waals surface area contributed by atoms with Crippen LogP contribution in [0.4, 0.5) is 8.78 Å². The molecule has 1 amide bonds. The van der Waals surface area contributed by atoms with Crippen molar-refractivity contribution < 1.29 is 23.0 Å². The van der Waals surface area contributed by atoms with Crippen LogP contribution < -0.4 is 5.32 Å². The van der Waals surface area contributed by atoms with E-state index in [2.05, 4.69) is 10.3 Å². The highest BCUT2D eigenvalue weighted by Crippen LogP contribution is 2.21. The van der Waals surface area contributed by atoms with E-state index in [1.165, 1.54) is 7.11 Å². The van der Waals surface area contributed by atoms with Gasteiger partial charge in [-0.1, -0.05) is 0 Å². The number of methoxy groups -OCH3 is 1. The number of nitrogens with zero attached hydrogens (tertiary/aromatic N) is 1. The van der Waals surface area contributed by atoms with Gasteiger partial charge in [0.25, 0.3) is 5.91 Å². The summed E-state index contributed by atoms with van der Waals surface area (Å²) in [5.74, 6) is -3.26. The monoisotopic (exact) mass is 272 g/mol. The largest absolute Gasteiger partial charge is 0.378 e. The van der Waals surface area contributed by atoms with Gasteiger partial charge in [0, 0.05) is 32.9 Å². The molecule has 1 aromatic rings. The number of aromatic nitrogens is 1. The summed E-state index contributed by atoms with van der Waals surface area (Å²) in [6.07, 6.45) is 1.68. The molecule has 1 N–H and O–H groups in total. The number of nitrogens with one attached hydrogen (secondary N) is 1. The lowest BCUT2D eigenvalue weighted by molar-refractivity contribution is -0.0149. The standard InChI is InChI=1S/C12H14F2N2O3/c1-18-12(3-5-19-7-12)6-16-11(17)8-2-4-15-10(14)9(8)13/h2,4H,3,5-7H2,1H3,(H,16,17). The molecular weight excluding hydrogens is 258 g/mol. The third kappa shape index (κ3) is 2.87. The predicted octanol–water partition coefficient (Wildman–Crippen LogP) is 0.895. The zero-order valence-corrected chi connectivity index (χ0v) is 10.4. The zero-order valence-electron chi connectivity index (χ0n) is 10.4. The van der Waals surface area contributed by atoms with Crippen LogP contribution in [-0.4, -0.2) is 43.4 Å². The maximum absolute atomic E-state index is 13.4. The number of hydrogen-bond donors (Lipinski definition) is 1. The third-order valence-corrected chi connectivity index (χ3v) is 3.16. The van der Waals surface area contributed by atoms with E-state index in [1.54, 1.807) is 0 Å². The van der Waals surface area contributed by atoms with Crippen LogP contribution >= 0.6 is 0 Å². The maximum Gasteiger partial charge on any atom is 0.254 e. The zero-order chi connectivity index (χ0) is 13.9. The summed E-state index contributed by atoms with van der Waals surface area (Å²) in [6.45, 7) is 1.07. The molecule has 5 nitrogen and oxygen atoms in total. The van der Waals surface area contributed by atoms with E-state index in [0.29, 0.717) is 19.6 Å². The second-order valence-electron chi connectivity index (χ2n) is 4.34. The number of hydrogen-bond acceptors (Lipinski definition) is 4. The molecule has 1 aromatic heterocycles. The molecule has 0 spiro atoms. The summed E-state index contributed by atoms with van der Waals surface area (Å²) < 4.78 is 36.8. The van der Waals surface area contributed by atoms with Gasteiger partial charge in [-0.05, 0) is 6.07 Å². The van der Waals surface area contributed by atoms with E-state index in [-0.39, 0.29) is 12.1 Å². The molecule has 104 valence electrons. The van der Waals surface area contributed by atoms with Crippen molar-refractivity contribution in [2.24, 2.45) is 0 Å². The Labute approximate surface area is 108 Å². The van der Waals surface area contributed by atoms with Gasteiger partial charge in [0.05, 0.1) is 12.2 Å². The molecule has 1 saturated heterocycles. The van der Waals surface area contributed by atoms with E-state index in [1.807, 2.05) is 0 Å². The number of carbonyl (C=O) groups is 1. The van der Waals surface area contributed by atoms with Gasteiger partial charge < -0.3 is 14.8 Å². The highest BCUT2D eigenvalue weighted by atomic mass is 19.2. The Balaban J connectivity index is 2.03. The highest BCUT2D eigenvalue weighted by Gasteiger charge is 2.35. The molecule has 2 heterocycles. The fourth-order valence-corrected chi connectivity index (χ4v) is 1.89. The molecular formula is C12H14F2N2O3. The lowest BCUT2D eigenvalue weighted by Gasteiger charge is -2.25. The van der Waals surface area contributed by atoms with Crippen LogP contribution in [0.2, 0.25) is 0 Å². The van der Waals surface area contributed by atoms with Crippen molar-refractivity contribution in [3.05, 3.63) is 29.6 Å². The SMILES string of the molecule is COC1(CNC(=O)c2ccnc(F)c2F)CCOC1. The normalized spacial score (nSPS) is 22.5. The minimum absolute atomic E-state index is 0.172. The molecule has 1 unspecified atom stereocenters. The van der Waals surface area contributed by atoms with E-state index >= 15 is 0 Å². The van der Waals surface area contributed by atoms with Crippen LogP contribution in [0, 0.1) is 11.8 Å². The molecule has 7 heteroatoms. The van der Waals surface area contributed by atoms with Gasteiger partial charge in [-0.3, -0.25) is 4.79 Å². The fraction of sp³-hybridized carbons (Fsp3) is 0.500. The second kappa shape index (κ2) is 5.58. The molecule has 0 aromatic carbocycles. The van der Waals surface area contributed by atoms with E-state index in [9.17, 15) is 13.6 Å². The Kier molecular flexibility index (Phi) is 4.06. The van der Waals surface area contributed by atoms with Gasteiger partial charge in [0.1, 0.15) is 5.60 Å². The first-order valence-corrected chi connectivity index (χ1v) is 5.79. The number of halogens is 2. The van der Waals surface area contributed by atoms with Gasteiger partial charge >= 0.3 is 0 Å². The molecule has 1 fully saturated rings. The van der Waals surface area contributed by atoms with Crippen LogP contribution in [0.15, 0.2) is 12.3 Å². The minimum atomic E-state index is -1.29. The van der Waals surface area contributed by atoms with Crippen molar-refractivity contribution >= 4 is 5.91 Å². The smallest absolute Gasteiger partial charge is 0.254 e. The molecule has 2 rings (SSSR count). The highest BCUT2D eigenvalue weighted by molar-refractivity contribution is 5.94. The minimum Gasteiger partial charge on any atom is -0.378 e. The van der Waals surface area contributed by atoms with Crippen LogP contribution in [0.1, 0.15) is 16.8 Å². The number of ether oxygens (including phenoxy) is 2. The summed E-state index contributed by atoms with van der Waals surface area (Å²) in [5, 5.41) is 2.52. The molecule has 1 atom stereocenters. The van der Waals surface area contributed by atoms with Gasteiger partial charge in [-0.2, -0.15) is 4.39 Å². The van der Waals surface area contributed by atoms with Crippen molar-refractivity contribution in [3.63, 3.8) is 0 Å². The molecule has 0 bridgehead atoms. The Bertz CT molecular complexity index is 476. The molecule has 0 aliphatic carbocycles. The average Bonchev–Trinajstić information content (AvgIpc) is 2.89. The Hall–Kier alpha value is -1.60. The Morgan fingerprint density at radius 1 is 1.63 bits per heavy atom. The summed E-state index contributed by atoms with van der Waals surface area (Å²) >= 11 is 0. The second-order valence-corrected chi connectivity index (χ2v) is 4.34. The Morgan fingerprint density at radius 2 is 2.42 bits per heavy atom. The predicted molar refractivity (Wildman–Crippen MR) is 61.7 cm³/mol. The molecule has 1 aliphatic heterocycles. The molecule has 0 saturated carbocycles. The first kappa shape index (κ1) is 13.8. The van der Waals surface area contributed by atoms with E-state index < -0.39 is 23.3 Å². The van der Waals surface area contributed by atoms with Crippen molar-refractivity contribution in [3.8, 4) is 0 Å². The summed E-state index contributed by atoms with van der Waals surface area (Å²) in [7, 11) is 1.52. The van der Waals surface area contributed by atoms with Crippen molar-refractivity contribution in [1.29, 1.82) is 0 Å². The maximum atomic E-state index is 13.4. The van der Waals surface area contributed by atoms with Crippen LogP contribution in [0.5, 0.6) is 0 Å². The van der Waals surface area contributed by atoms with Crippen molar-refractivity contribution in [2.75, 3.05) is 26.9 Å².